The number of fused-ring (bicyclic) bond motifs is 1. The number of hydrogen-bond donors (Lipinski definition) is 1. The molecule has 2 aromatic heterocycles. The lowest BCUT2D eigenvalue weighted by Crippen LogP contribution is -2.26. The van der Waals surface area contributed by atoms with Gasteiger partial charge >= 0.3 is 0 Å². The van der Waals surface area contributed by atoms with Crippen LogP contribution in [0.15, 0.2) is 28.8 Å². The number of carbonyl (C=O) groups excluding carboxylic acids is 2. The van der Waals surface area contributed by atoms with E-state index in [1.807, 2.05) is 23.1 Å². The number of hydrogen-bond acceptors (Lipinski definition) is 6. The summed E-state index contributed by atoms with van der Waals surface area (Å²) in [4.78, 5) is 31.3. The zero-order chi connectivity index (χ0) is 19.0. The van der Waals surface area contributed by atoms with Gasteiger partial charge in [0.05, 0.1) is 11.4 Å². The van der Waals surface area contributed by atoms with E-state index < -0.39 is 0 Å². The largest absolute Gasteiger partial charge is 0.344 e. The van der Waals surface area contributed by atoms with Crippen molar-refractivity contribution in [1.29, 1.82) is 0 Å². The van der Waals surface area contributed by atoms with Gasteiger partial charge in [-0.3, -0.25) is 9.59 Å². The van der Waals surface area contributed by atoms with E-state index in [2.05, 4.69) is 21.5 Å². The fraction of sp³-hybridized carbons (Fsp3) is 0.368. The van der Waals surface area contributed by atoms with Crippen LogP contribution in [0, 0.1) is 6.92 Å². The highest BCUT2D eigenvalue weighted by Crippen LogP contribution is 2.40. The lowest BCUT2D eigenvalue weighted by molar-refractivity contribution is -0.127. The zero-order valence-electron chi connectivity index (χ0n) is 15.2. The summed E-state index contributed by atoms with van der Waals surface area (Å²) in [5.41, 5.74) is 1.04. The summed E-state index contributed by atoms with van der Waals surface area (Å²) in [6.07, 6.45) is 0.866. The highest BCUT2D eigenvalue weighted by Gasteiger charge is 2.31. The standard InChI is InChI=1S/C19H20N4O3S/c1-11-21-16(22-26-11)9-20-19(25)18-17(13-7-8-23(10-13)12(2)24)14-5-3-4-6-15(14)27-18/h3-6,13H,7-10H2,1-2H3,(H,20,25)/t13-/m0/s1. The minimum atomic E-state index is -0.144. The minimum absolute atomic E-state index is 0.0792. The van der Waals surface area contributed by atoms with Crippen molar-refractivity contribution < 1.29 is 14.1 Å². The molecule has 1 fully saturated rings. The molecule has 1 aromatic carbocycles. The first-order valence-corrected chi connectivity index (χ1v) is 9.69. The zero-order valence-corrected chi connectivity index (χ0v) is 16.0. The van der Waals surface area contributed by atoms with Gasteiger partial charge in [0.1, 0.15) is 0 Å². The smallest absolute Gasteiger partial charge is 0.262 e. The Bertz CT molecular complexity index is 1010. The Hall–Kier alpha value is -2.74. The van der Waals surface area contributed by atoms with Gasteiger partial charge in [-0.15, -0.1) is 11.3 Å². The van der Waals surface area contributed by atoms with Crippen molar-refractivity contribution in [2.24, 2.45) is 0 Å². The monoisotopic (exact) mass is 384 g/mol. The second-order valence-corrected chi connectivity index (χ2v) is 7.76. The molecule has 4 rings (SSSR count). The topological polar surface area (TPSA) is 88.3 Å². The summed E-state index contributed by atoms with van der Waals surface area (Å²) in [6.45, 7) is 4.90. The summed E-state index contributed by atoms with van der Waals surface area (Å²) in [7, 11) is 0. The van der Waals surface area contributed by atoms with Gasteiger partial charge in [-0.25, -0.2) is 0 Å². The molecule has 1 atom stereocenters. The van der Waals surface area contributed by atoms with Crippen LogP contribution in [0.3, 0.4) is 0 Å². The van der Waals surface area contributed by atoms with Crippen molar-refractivity contribution in [1.82, 2.24) is 20.4 Å². The van der Waals surface area contributed by atoms with Gasteiger partial charge < -0.3 is 14.7 Å². The average Bonchev–Trinajstić information content (AvgIpc) is 3.36. The molecule has 0 saturated carbocycles. The van der Waals surface area contributed by atoms with Crippen LogP contribution in [0.1, 0.15) is 46.2 Å². The number of thiophene rings is 1. The van der Waals surface area contributed by atoms with Gasteiger partial charge in [0, 0.05) is 37.6 Å². The molecule has 7 nitrogen and oxygen atoms in total. The lowest BCUT2D eigenvalue weighted by atomic mass is 9.95. The Morgan fingerprint density at radius 3 is 2.89 bits per heavy atom. The first kappa shape index (κ1) is 17.7. The fourth-order valence-corrected chi connectivity index (χ4v) is 4.78. The number of rotatable bonds is 4. The maximum Gasteiger partial charge on any atom is 0.262 e. The molecule has 27 heavy (non-hydrogen) atoms. The first-order valence-electron chi connectivity index (χ1n) is 8.87. The van der Waals surface area contributed by atoms with Crippen LogP contribution < -0.4 is 5.32 Å². The SMILES string of the molecule is CC(=O)N1CC[C@H](c2c(C(=O)NCc3noc(C)n3)sc3ccccc23)C1. The molecule has 140 valence electrons. The van der Waals surface area contributed by atoms with Crippen molar-refractivity contribution in [3.05, 3.63) is 46.4 Å². The molecule has 0 bridgehead atoms. The molecule has 0 radical (unpaired) electrons. The van der Waals surface area contributed by atoms with E-state index in [0.29, 0.717) is 23.1 Å². The van der Waals surface area contributed by atoms with Gasteiger partial charge in [-0.1, -0.05) is 23.4 Å². The summed E-state index contributed by atoms with van der Waals surface area (Å²) in [5, 5.41) is 7.80. The van der Waals surface area contributed by atoms with Gasteiger partial charge in [0.15, 0.2) is 5.82 Å². The normalized spacial score (nSPS) is 16.8. The minimum Gasteiger partial charge on any atom is -0.344 e. The molecular formula is C19H20N4O3S. The van der Waals surface area contributed by atoms with Crippen LogP contribution in [0.5, 0.6) is 0 Å². The Kier molecular flexibility index (Phi) is 4.65. The third-order valence-electron chi connectivity index (χ3n) is 4.86. The van der Waals surface area contributed by atoms with Crippen molar-refractivity contribution >= 4 is 33.2 Å². The number of carbonyl (C=O) groups is 2. The molecule has 8 heteroatoms. The molecule has 2 amide bonds. The molecule has 1 aliphatic rings. The molecule has 0 spiro atoms. The van der Waals surface area contributed by atoms with Crippen molar-refractivity contribution in [2.45, 2.75) is 32.7 Å². The molecular weight excluding hydrogens is 364 g/mol. The van der Waals surface area contributed by atoms with E-state index in [-0.39, 0.29) is 24.3 Å². The summed E-state index contributed by atoms with van der Waals surface area (Å²) >= 11 is 1.49. The third kappa shape index (κ3) is 3.44. The Labute approximate surface area is 160 Å². The Balaban J connectivity index is 1.63. The van der Waals surface area contributed by atoms with E-state index in [4.69, 9.17) is 4.52 Å². The van der Waals surface area contributed by atoms with E-state index in [1.165, 1.54) is 11.3 Å². The number of benzene rings is 1. The molecule has 0 aliphatic carbocycles. The van der Waals surface area contributed by atoms with E-state index >= 15 is 0 Å². The molecule has 1 saturated heterocycles. The van der Waals surface area contributed by atoms with Crippen molar-refractivity contribution in [3.63, 3.8) is 0 Å². The average molecular weight is 384 g/mol. The molecule has 3 heterocycles. The van der Waals surface area contributed by atoms with Crippen molar-refractivity contribution in [2.75, 3.05) is 13.1 Å². The second-order valence-electron chi connectivity index (χ2n) is 6.70. The molecule has 0 unspecified atom stereocenters. The van der Waals surface area contributed by atoms with Crippen LogP contribution >= 0.6 is 11.3 Å². The first-order chi connectivity index (χ1) is 13.0. The Morgan fingerprint density at radius 1 is 1.37 bits per heavy atom. The van der Waals surface area contributed by atoms with Crippen LogP contribution in [0.25, 0.3) is 10.1 Å². The summed E-state index contributed by atoms with van der Waals surface area (Å²) < 4.78 is 6.02. The number of likely N-dealkylation sites (tertiary alicyclic amines) is 1. The van der Waals surface area contributed by atoms with Crippen LogP contribution in [0.2, 0.25) is 0 Å². The van der Waals surface area contributed by atoms with Gasteiger partial charge in [-0.05, 0) is 23.4 Å². The predicted octanol–water partition coefficient (Wildman–Crippen LogP) is 2.86. The lowest BCUT2D eigenvalue weighted by Gasteiger charge is -2.15. The number of aromatic nitrogens is 2. The van der Waals surface area contributed by atoms with Crippen LogP contribution in [0.4, 0.5) is 0 Å². The van der Waals surface area contributed by atoms with Crippen molar-refractivity contribution in [3.8, 4) is 0 Å². The number of aryl methyl sites for hydroxylation is 1. The highest BCUT2D eigenvalue weighted by molar-refractivity contribution is 7.21. The number of nitrogens with zero attached hydrogens (tertiary/aromatic N) is 3. The summed E-state index contributed by atoms with van der Waals surface area (Å²) in [5.74, 6) is 1.02. The molecule has 1 aliphatic heterocycles. The summed E-state index contributed by atoms with van der Waals surface area (Å²) in [6, 6.07) is 8.04. The van der Waals surface area contributed by atoms with E-state index in [9.17, 15) is 9.59 Å². The number of nitrogens with one attached hydrogen (secondary N) is 1. The quantitative estimate of drug-likeness (QED) is 0.747. The van der Waals surface area contributed by atoms with Gasteiger partial charge in [0.2, 0.25) is 11.8 Å². The second kappa shape index (κ2) is 7.11. The molecule has 3 aromatic rings. The van der Waals surface area contributed by atoms with E-state index in [1.54, 1.807) is 13.8 Å². The Morgan fingerprint density at radius 2 is 2.19 bits per heavy atom. The maximum absolute atomic E-state index is 12.9. The van der Waals surface area contributed by atoms with Crippen LogP contribution in [-0.2, 0) is 11.3 Å². The predicted molar refractivity (Wildman–Crippen MR) is 102 cm³/mol. The van der Waals surface area contributed by atoms with Gasteiger partial charge in [0.25, 0.3) is 5.91 Å². The highest BCUT2D eigenvalue weighted by atomic mass is 32.1. The van der Waals surface area contributed by atoms with Gasteiger partial charge in [-0.2, -0.15) is 4.98 Å². The fourth-order valence-electron chi connectivity index (χ4n) is 3.57. The molecule has 1 N–H and O–H groups in total. The van der Waals surface area contributed by atoms with E-state index in [0.717, 1.165) is 28.6 Å². The maximum atomic E-state index is 12.9. The number of amides is 2. The third-order valence-corrected chi connectivity index (χ3v) is 6.04. The van der Waals surface area contributed by atoms with Crippen LogP contribution in [-0.4, -0.2) is 39.9 Å².